The Balaban J connectivity index is 0.00000341. The van der Waals surface area contributed by atoms with Crippen LogP contribution in [0.3, 0.4) is 0 Å². The summed E-state index contributed by atoms with van der Waals surface area (Å²) in [5.41, 5.74) is 1.60. The van der Waals surface area contributed by atoms with Gasteiger partial charge < -0.3 is 19.5 Å². The number of β-amino-alcohol motifs (C(OH)–C–C–N with tert-alkyl or cyclic N) is 1. The largest absolute Gasteiger partial charge is 0.497 e. The molecule has 0 radical (unpaired) electrons. The molecule has 1 unspecified atom stereocenters. The van der Waals surface area contributed by atoms with Crippen LogP contribution in [0.25, 0.3) is 0 Å². The molecule has 0 saturated carbocycles. The average Bonchev–Trinajstić information content (AvgIpc) is 2.72. The first-order chi connectivity index (χ1) is 14.3. The van der Waals surface area contributed by atoms with E-state index in [4.69, 9.17) is 9.47 Å². The molecule has 1 fully saturated rings. The number of anilines is 1. The predicted molar refractivity (Wildman–Crippen MR) is 125 cm³/mol. The molecular formula is C24H34ClFN2O3. The van der Waals surface area contributed by atoms with Gasteiger partial charge in [-0.15, -0.1) is 12.4 Å². The lowest BCUT2D eigenvalue weighted by atomic mass is 9.86. The smallest absolute Gasteiger partial charge is 0.146 e. The second-order valence-electron chi connectivity index (χ2n) is 8.82. The van der Waals surface area contributed by atoms with Gasteiger partial charge in [0, 0.05) is 38.3 Å². The molecule has 0 bridgehead atoms. The summed E-state index contributed by atoms with van der Waals surface area (Å²) >= 11 is 0. The Labute approximate surface area is 191 Å². The molecule has 3 rings (SSSR count). The molecule has 31 heavy (non-hydrogen) atoms. The maximum absolute atomic E-state index is 14.0. The standard InChI is InChI=1S/C24H33FN2O3.ClH/c1-24(2,3)20-15-19(29-4)9-10-23(20)30-17-18(28)16-26-11-13-27(14-12-26)22-8-6-5-7-21(22)25;/h5-10,15,18,28H,11-14,16-17H2,1-4H3;1H. The predicted octanol–water partition coefficient (Wildman–Crippen LogP) is 4.12. The van der Waals surface area contributed by atoms with E-state index in [2.05, 4.69) is 30.6 Å². The zero-order chi connectivity index (χ0) is 21.7. The molecule has 1 aliphatic rings. The van der Waals surface area contributed by atoms with Gasteiger partial charge in [-0.3, -0.25) is 4.90 Å². The van der Waals surface area contributed by atoms with Crippen molar-refractivity contribution in [3.05, 3.63) is 53.8 Å². The molecule has 0 aliphatic carbocycles. The minimum Gasteiger partial charge on any atom is -0.497 e. The van der Waals surface area contributed by atoms with Crippen molar-refractivity contribution < 1.29 is 19.0 Å². The summed E-state index contributed by atoms with van der Waals surface area (Å²) in [6.45, 7) is 10.2. The fraction of sp³-hybridized carbons (Fsp3) is 0.500. The Kier molecular flexibility index (Phi) is 8.98. The highest BCUT2D eigenvalue weighted by molar-refractivity contribution is 5.85. The Morgan fingerprint density at radius 3 is 2.35 bits per heavy atom. The van der Waals surface area contributed by atoms with Crippen molar-refractivity contribution in [3.8, 4) is 11.5 Å². The fourth-order valence-electron chi connectivity index (χ4n) is 3.76. The summed E-state index contributed by atoms with van der Waals surface area (Å²) in [7, 11) is 1.65. The topological polar surface area (TPSA) is 45.2 Å². The van der Waals surface area contributed by atoms with E-state index in [9.17, 15) is 9.50 Å². The zero-order valence-corrected chi connectivity index (χ0v) is 19.6. The van der Waals surface area contributed by atoms with Crippen molar-refractivity contribution in [1.29, 1.82) is 0 Å². The van der Waals surface area contributed by atoms with Gasteiger partial charge in [-0.25, -0.2) is 4.39 Å². The zero-order valence-electron chi connectivity index (χ0n) is 18.8. The molecule has 7 heteroatoms. The minimum absolute atomic E-state index is 0. The maximum Gasteiger partial charge on any atom is 0.146 e. The van der Waals surface area contributed by atoms with Crippen LogP contribution in [0.1, 0.15) is 26.3 Å². The number of aliphatic hydroxyl groups is 1. The monoisotopic (exact) mass is 452 g/mol. The molecule has 2 aromatic carbocycles. The lowest BCUT2D eigenvalue weighted by molar-refractivity contribution is 0.0656. The van der Waals surface area contributed by atoms with Crippen LogP contribution < -0.4 is 14.4 Å². The minimum atomic E-state index is -0.597. The first kappa shape index (κ1) is 25.2. The Bertz CT molecular complexity index is 836. The third-order valence-corrected chi connectivity index (χ3v) is 5.46. The lowest BCUT2D eigenvalue weighted by Gasteiger charge is -2.37. The first-order valence-corrected chi connectivity index (χ1v) is 10.5. The SMILES string of the molecule is COc1ccc(OCC(O)CN2CCN(c3ccccc3F)CC2)c(C(C)(C)C)c1.Cl. The number of hydrogen-bond donors (Lipinski definition) is 1. The summed E-state index contributed by atoms with van der Waals surface area (Å²) in [6, 6.07) is 12.6. The third-order valence-electron chi connectivity index (χ3n) is 5.46. The van der Waals surface area contributed by atoms with E-state index in [0.717, 1.165) is 43.2 Å². The molecule has 172 valence electrons. The molecule has 0 aromatic heterocycles. The van der Waals surface area contributed by atoms with Gasteiger partial charge in [-0.2, -0.15) is 0 Å². The molecule has 2 aromatic rings. The van der Waals surface area contributed by atoms with Crippen molar-refractivity contribution in [3.63, 3.8) is 0 Å². The van der Waals surface area contributed by atoms with Gasteiger partial charge in [0.25, 0.3) is 0 Å². The van der Waals surface area contributed by atoms with Gasteiger partial charge in [-0.05, 0) is 35.7 Å². The molecular weight excluding hydrogens is 419 g/mol. The highest BCUT2D eigenvalue weighted by Crippen LogP contribution is 2.34. The normalized spacial score (nSPS) is 15.9. The highest BCUT2D eigenvalue weighted by Gasteiger charge is 2.23. The Hall–Kier alpha value is -2.02. The third kappa shape index (κ3) is 6.73. The van der Waals surface area contributed by atoms with Crippen LogP contribution in [0.15, 0.2) is 42.5 Å². The van der Waals surface area contributed by atoms with Crippen molar-refractivity contribution >= 4 is 18.1 Å². The maximum atomic E-state index is 14.0. The van der Waals surface area contributed by atoms with E-state index >= 15 is 0 Å². The van der Waals surface area contributed by atoms with Crippen molar-refractivity contribution in [2.75, 3.05) is 51.3 Å². The summed E-state index contributed by atoms with van der Waals surface area (Å²) in [4.78, 5) is 4.26. The van der Waals surface area contributed by atoms with Gasteiger partial charge in [0.05, 0.1) is 12.8 Å². The van der Waals surface area contributed by atoms with Crippen molar-refractivity contribution in [1.82, 2.24) is 4.90 Å². The molecule has 1 aliphatic heterocycles. The Morgan fingerprint density at radius 1 is 1.06 bits per heavy atom. The molecule has 1 N–H and O–H groups in total. The van der Waals surface area contributed by atoms with Crippen molar-refractivity contribution in [2.24, 2.45) is 0 Å². The van der Waals surface area contributed by atoms with Crippen LogP contribution in [-0.4, -0.2) is 62.6 Å². The fourth-order valence-corrected chi connectivity index (χ4v) is 3.76. The van der Waals surface area contributed by atoms with Crippen molar-refractivity contribution in [2.45, 2.75) is 32.3 Å². The summed E-state index contributed by atoms with van der Waals surface area (Å²) < 4.78 is 25.3. The van der Waals surface area contributed by atoms with Gasteiger partial charge in [0.2, 0.25) is 0 Å². The number of halogens is 2. The van der Waals surface area contributed by atoms with E-state index in [0.29, 0.717) is 12.2 Å². The van der Waals surface area contributed by atoms with E-state index in [1.807, 2.05) is 30.3 Å². The molecule has 1 atom stereocenters. The van der Waals surface area contributed by atoms with Crippen LogP contribution in [-0.2, 0) is 5.41 Å². The molecule has 0 spiro atoms. The quantitative estimate of drug-likeness (QED) is 0.684. The van der Waals surface area contributed by atoms with Crippen LogP contribution in [0.5, 0.6) is 11.5 Å². The van der Waals surface area contributed by atoms with Gasteiger partial charge in [0.1, 0.15) is 30.0 Å². The molecule has 0 amide bonds. The molecule has 1 heterocycles. The van der Waals surface area contributed by atoms with Gasteiger partial charge >= 0.3 is 0 Å². The number of nitrogens with zero attached hydrogens (tertiary/aromatic N) is 2. The number of para-hydroxylation sites is 1. The number of hydrogen-bond acceptors (Lipinski definition) is 5. The average molecular weight is 453 g/mol. The summed E-state index contributed by atoms with van der Waals surface area (Å²) in [5.74, 6) is 1.38. The Morgan fingerprint density at radius 2 is 1.74 bits per heavy atom. The van der Waals surface area contributed by atoms with Gasteiger partial charge in [0.15, 0.2) is 0 Å². The number of methoxy groups -OCH3 is 1. The van der Waals surface area contributed by atoms with Crippen LogP contribution in [0, 0.1) is 5.82 Å². The van der Waals surface area contributed by atoms with E-state index in [-0.39, 0.29) is 30.2 Å². The van der Waals surface area contributed by atoms with E-state index in [1.54, 1.807) is 13.2 Å². The second-order valence-corrected chi connectivity index (χ2v) is 8.82. The van der Waals surface area contributed by atoms with Crippen LogP contribution in [0.4, 0.5) is 10.1 Å². The number of aliphatic hydroxyl groups excluding tert-OH is 1. The van der Waals surface area contributed by atoms with Crippen LogP contribution in [0.2, 0.25) is 0 Å². The second kappa shape index (κ2) is 11.0. The lowest BCUT2D eigenvalue weighted by Crippen LogP contribution is -2.49. The number of piperazine rings is 1. The van der Waals surface area contributed by atoms with E-state index < -0.39 is 6.10 Å². The highest BCUT2D eigenvalue weighted by atomic mass is 35.5. The number of ether oxygens (including phenoxy) is 2. The number of rotatable bonds is 7. The first-order valence-electron chi connectivity index (χ1n) is 10.5. The number of benzene rings is 2. The molecule has 1 saturated heterocycles. The van der Waals surface area contributed by atoms with E-state index in [1.165, 1.54) is 6.07 Å². The summed E-state index contributed by atoms with van der Waals surface area (Å²) in [5, 5.41) is 10.5. The molecule has 5 nitrogen and oxygen atoms in total. The summed E-state index contributed by atoms with van der Waals surface area (Å²) in [6.07, 6.45) is -0.597. The van der Waals surface area contributed by atoms with Gasteiger partial charge in [-0.1, -0.05) is 32.9 Å². The van der Waals surface area contributed by atoms with Crippen LogP contribution >= 0.6 is 12.4 Å².